The van der Waals surface area contributed by atoms with Gasteiger partial charge in [0, 0.05) is 30.1 Å². The fourth-order valence-electron chi connectivity index (χ4n) is 4.89. The number of carbonyl (C=O) groups excluding carboxylic acids is 1. The Morgan fingerprint density at radius 2 is 1.56 bits per heavy atom. The van der Waals surface area contributed by atoms with Gasteiger partial charge in [-0.3, -0.25) is 9.48 Å². The maximum Gasteiger partial charge on any atom is 0.258 e. The van der Waals surface area contributed by atoms with Crippen molar-refractivity contribution in [3.63, 3.8) is 0 Å². The molecule has 0 N–H and O–H groups in total. The number of nitrogens with zero attached hydrogens (tertiary/aromatic N) is 5. The van der Waals surface area contributed by atoms with Crippen LogP contribution in [0.25, 0.3) is 28.0 Å². The summed E-state index contributed by atoms with van der Waals surface area (Å²) in [6.07, 6.45) is 5.86. The predicted octanol–water partition coefficient (Wildman–Crippen LogP) is 5.17. The van der Waals surface area contributed by atoms with Gasteiger partial charge in [-0.15, -0.1) is 0 Å². The second-order valence-electron chi connectivity index (χ2n) is 8.70. The minimum atomic E-state index is 0.0398. The van der Waals surface area contributed by atoms with E-state index in [1.165, 1.54) is 0 Å². The molecule has 6 nitrogen and oxygen atoms in total. The number of aromatic nitrogens is 4. The zero-order chi connectivity index (χ0) is 22.9. The van der Waals surface area contributed by atoms with E-state index >= 15 is 0 Å². The smallest absolute Gasteiger partial charge is 0.258 e. The molecular weight excluding hydrogens is 422 g/mol. The van der Waals surface area contributed by atoms with E-state index in [1.807, 2.05) is 94.8 Å². The number of hydrogen-bond donors (Lipinski definition) is 0. The van der Waals surface area contributed by atoms with Crippen molar-refractivity contribution < 1.29 is 4.79 Å². The Kier molecular flexibility index (Phi) is 5.18. The molecule has 0 unspecified atom stereocenters. The largest absolute Gasteiger partial charge is 0.334 e. The van der Waals surface area contributed by atoms with Crippen LogP contribution in [0.4, 0.5) is 0 Å². The Labute approximate surface area is 198 Å². The van der Waals surface area contributed by atoms with Gasteiger partial charge in [0.15, 0.2) is 0 Å². The fourth-order valence-corrected chi connectivity index (χ4v) is 4.89. The fraction of sp³-hybridized carbons (Fsp3) is 0.179. The van der Waals surface area contributed by atoms with Crippen molar-refractivity contribution in [1.82, 2.24) is 24.3 Å². The van der Waals surface area contributed by atoms with Crippen LogP contribution in [0.15, 0.2) is 97.3 Å². The molecule has 2 aromatic carbocycles. The van der Waals surface area contributed by atoms with Crippen LogP contribution >= 0.6 is 0 Å². The van der Waals surface area contributed by atoms with Crippen molar-refractivity contribution in [1.29, 1.82) is 0 Å². The summed E-state index contributed by atoms with van der Waals surface area (Å²) in [6, 6.07) is 28.1. The van der Waals surface area contributed by atoms with Gasteiger partial charge in [-0.1, -0.05) is 66.7 Å². The van der Waals surface area contributed by atoms with Gasteiger partial charge >= 0.3 is 0 Å². The SMILES string of the molecule is O=C(c1c(-c2ccccc2)nn2ccccc12)N1CCC[C@H]1Cn1ccc(-c2ccccc2)n1. The van der Waals surface area contributed by atoms with Crippen LogP contribution in [0.2, 0.25) is 0 Å². The first kappa shape index (κ1) is 20.4. The second kappa shape index (κ2) is 8.63. The van der Waals surface area contributed by atoms with Crippen molar-refractivity contribution in [2.45, 2.75) is 25.4 Å². The summed E-state index contributed by atoms with van der Waals surface area (Å²) in [5.41, 5.74) is 5.23. The van der Waals surface area contributed by atoms with Crippen molar-refractivity contribution >= 4 is 11.4 Å². The molecule has 1 saturated heterocycles. The molecule has 34 heavy (non-hydrogen) atoms. The lowest BCUT2D eigenvalue weighted by atomic mass is 10.0. The lowest BCUT2D eigenvalue weighted by Crippen LogP contribution is -2.38. The Balaban J connectivity index is 1.32. The van der Waals surface area contributed by atoms with Gasteiger partial charge in [-0.2, -0.15) is 10.2 Å². The molecule has 5 aromatic rings. The summed E-state index contributed by atoms with van der Waals surface area (Å²) < 4.78 is 3.77. The monoisotopic (exact) mass is 447 g/mol. The highest BCUT2D eigenvalue weighted by molar-refractivity contribution is 6.06. The molecule has 1 amide bonds. The van der Waals surface area contributed by atoms with Gasteiger partial charge in [0.2, 0.25) is 0 Å². The lowest BCUT2D eigenvalue weighted by Gasteiger charge is -2.25. The second-order valence-corrected chi connectivity index (χ2v) is 8.70. The first-order chi connectivity index (χ1) is 16.8. The summed E-state index contributed by atoms with van der Waals surface area (Å²) in [5.74, 6) is 0.0398. The maximum atomic E-state index is 14.0. The molecule has 0 radical (unpaired) electrons. The number of carbonyl (C=O) groups is 1. The topological polar surface area (TPSA) is 55.4 Å². The highest BCUT2D eigenvalue weighted by atomic mass is 16.2. The molecule has 6 rings (SSSR count). The summed E-state index contributed by atoms with van der Waals surface area (Å²) >= 11 is 0. The van der Waals surface area contributed by atoms with Gasteiger partial charge in [-0.25, -0.2) is 4.52 Å². The van der Waals surface area contributed by atoms with E-state index in [-0.39, 0.29) is 11.9 Å². The Morgan fingerprint density at radius 1 is 0.824 bits per heavy atom. The van der Waals surface area contributed by atoms with Gasteiger partial charge in [-0.05, 0) is 31.0 Å². The van der Waals surface area contributed by atoms with Crippen LogP contribution in [0.1, 0.15) is 23.2 Å². The van der Waals surface area contributed by atoms with E-state index in [1.54, 1.807) is 4.52 Å². The van der Waals surface area contributed by atoms with Gasteiger partial charge < -0.3 is 4.90 Å². The van der Waals surface area contributed by atoms with Crippen LogP contribution in [-0.4, -0.2) is 42.8 Å². The Morgan fingerprint density at radius 3 is 2.35 bits per heavy atom. The molecule has 0 aliphatic carbocycles. The Bertz CT molecular complexity index is 1440. The number of pyridine rings is 1. The number of hydrogen-bond acceptors (Lipinski definition) is 3. The minimum absolute atomic E-state index is 0.0398. The van der Waals surface area contributed by atoms with E-state index in [4.69, 9.17) is 10.2 Å². The molecule has 1 fully saturated rings. The third kappa shape index (κ3) is 3.67. The van der Waals surface area contributed by atoms with Crippen molar-refractivity contribution in [3.8, 4) is 22.5 Å². The number of fused-ring (bicyclic) bond motifs is 1. The number of rotatable bonds is 5. The van der Waals surface area contributed by atoms with Crippen LogP contribution in [0.5, 0.6) is 0 Å². The first-order valence-corrected chi connectivity index (χ1v) is 11.7. The first-order valence-electron chi connectivity index (χ1n) is 11.7. The van der Waals surface area contributed by atoms with Crippen LogP contribution in [-0.2, 0) is 6.54 Å². The van der Waals surface area contributed by atoms with Crippen molar-refractivity contribution in [2.24, 2.45) is 0 Å². The summed E-state index contributed by atoms with van der Waals surface area (Å²) in [7, 11) is 0. The molecule has 1 aliphatic heterocycles. The molecule has 0 spiro atoms. The number of benzene rings is 2. The van der Waals surface area contributed by atoms with E-state index in [0.29, 0.717) is 12.1 Å². The molecule has 6 heteroatoms. The summed E-state index contributed by atoms with van der Waals surface area (Å²) in [5, 5.41) is 9.55. The number of likely N-dealkylation sites (tertiary alicyclic amines) is 1. The number of amides is 1. The third-order valence-corrected chi connectivity index (χ3v) is 6.55. The molecule has 1 atom stereocenters. The Hall–Kier alpha value is -4.19. The average Bonchev–Trinajstić information content (AvgIpc) is 3.64. The zero-order valence-corrected chi connectivity index (χ0v) is 18.8. The molecular formula is C28H25N5O. The van der Waals surface area contributed by atoms with E-state index in [9.17, 15) is 4.79 Å². The quantitative estimate of drug-likeness (QED) is 0.374. The van der Waals surface area contributed by atoms with Crippen LogP contribution < -0.4 is 0 Å². The zero-order valence-electron chi connectivity index (χ0n) is 18.8. The molecule has 0 saturated carbocycles. The standard InChI is InChI=1S/C28H25N5O/c34-28(26-25-15-7-8-18-33(25)30-27(26)22-12-5-2-6-13-22)32-17-9-14-23(32)20-31-19-16-24(29-31)21-10-3-1-4-11-21/h1-8,10-13,15-16,18-19,23H,9,14,17,20H2/t23-/m0/s1. The van der Waals surface area contributed by atoms with E-state index in [2.05, 4.69) is 12.1 Å². The molecule has 0 bridgehead atoms. The van der Waals surface area contributed by atoms with E-state index < -0.39 is 0 Å². The third-order valence-electron chi connectivity index (χ3n) is 6.55. The highest BCUT2D eigenvalue weighted by Gasteiger charge is 2.33. The van der Waals surface area contributed by atoms with Gasteiger partial charge in [0.1, 0.15) is 5.69 Å². The predicted molar refractivity (Wildman–Crippen MR) is 132 cm³/mol. The molecule has 3 aromatic heterocycles. The van der Waals surface area contributed by atoms with Crippen molar-refractivity contribution in [2.75, 3.05) is 6.54 Å². The normalized spacial score (nSPS) is 15.8. The highest BCUT2D eigenvalue weighted by Crippen LogP contribution is 2.30. The molecule has 1 aliphatic rings. The van der Waals surface area contributed by atoms with Gasteiger partial charge in [0.05, 0.1) is 29.4 Å². The lowest BCUT2D eigenvalue weighted by molar-refractivity contribution is 0.0724. The summed E-state index contributed by atoms with van der Waals surface area (Å²) in [6.45, 7) is 1.42. The van der Waals surface area contributed by atoms with Crippen LogP contribution in [0.3, 0.4) is 0 Å². The molecule has 168 valence electrons. The minimum Gasteiger partial charge on any atom is -0.334 e. The average molecular weight is 448 g/mol. The maximum absolute atomic E-state index is 14.0. The summed E-state index contributed by atoms with van der Waals surface area (Å²) in [4.78, 5) is 16.0. The van der Waals surface area contributed by atoms with Crippen molar-refractivity contribution in [3.05, 3.63) is 103 Å². The van der Waals surface area contributed by atoms with E-state index in [0.717, 1.165) is 47.4 Å². The molecule has 4 heterocycles. The van der Waals surface area contributed by atoms with Crippen LogP contribution in [0, 0.1) is 0 Å². The van der Waals surface area contributed by atoms with Gasteiger partial charge in [0.25, 0.3) is 5.91 Å².